The number of likely N-dealkylation sites (N-methyl/N-ethyl adjacent to an activating group) is 1. The number of benzene rings is 1. The van der Waals surface area contributed by atoms with Crippen molar-refractivity contribution in [1.29, 1.82) is 0 Å². The van der Waals surface area contributed by atoms with Gasteiger partial charge in [-0.05, 0) is 33.7 Å². The fourth-order valence-corrected chi connectivity index (χ4v) is 4.91. The zero-order valence-electron chi connectivity index (χ0n) is 22.4. The number of rotatable bonds is 7. The minimum atomic E-state index is -2.99. The molecule has 1 atom stereocenters. The van der Waals surface area contributed by atoms with E-state index < -0.39 is 47.7 Å². The van der Waals surface area contributed by atoms with Gasteiger partial charge in [-0.3, -0.25) is 4.79 Å². The van der Waals surface area contributed by atoms with E-state index >= 15 is 0 Å². The van der Waals surface area contributed by atoms with Crippen LogP contribution in [0, 0.1) is 12.7 Å². The minimum absolute atomic E-state index is 0.0142. The highest BCUT2D eigenvalue weighted by Crippen LogP contribution is 2.44. The first-order chi connectivity index (χ1) is 19.0. The summed E-state index contributed by atoms with van der Waals surface area (Å²) in [6.45, 7) is 4.42. The molecule has 1 saturated heterocycles. The molecule has 1 aliphatic heterocycles. The Labute approximate surface area is 227 Å². The number of hydrogen-bond acceptors (Lipinski definition) is 7. The second-order valence-electron chi connectivity index (χ2n) is 10.4. The van der Waals surface area contributed by atoms with Crippen molar-refractivity contribution in [3.05, 3.63) is 57.5 Å². The molecule has 0 radical (unpaired) electrons. The largest absolute Gasteiger partial charge is 0.415 e. The Kier molecular flexibility index (Phi) is 7.42. The summed E-state index contributed by atoms with van der Waals surface area (Å²) in [6.07, 6.45) is -1.47. The van der Waals surface area contributed by atoms with Gasteiger partial charge in [0, 0.05) is 37.9 Å². The van der Waals surface area contributed by atoms with Crippen LogP contribution in [0.25, 0.3) is 10.9 Å². The van der Waals surface area contributed by atoms with E-state index in [1.165, 1.54) is 27.8 Å². The monoisotopic (exact) mass is 562 g/mol. The Bertz CT molecular complexity index is 1500. The van der Waals surface area contributed by atoms with Gasteiger partial charge < -0.3 is 24.4 Å². The molecule has 9 nitrogen and oxygen atoms in total. The number of ether oxygens (including phenoxy) is 1. The lowest BCUT2D eigenvalue weighted by Gasteiger charge is -2.31. The number of aromatic nitrogens is 3. The number of piperazine rings is 1. The van der Waals surface area contributed by atoms with Gasteiger partial charge in [0.2, 0.25) is 5.75 Å². The molecule has 1 saturated carbocycles. The van der Waals surface area contributed by atoms with E-state index in [4.69, 9.17) is 4.74 Å². The zero-order valence-corrected chi connectivity index (χ0v) is 22.4. The summed E-state index contributed by atoms with van der Waals surface area (Å²) < 4.78 is 62.5. The van der Waals surface area contributed by atoms with Gasteiger partial charge in [0.15, 0.2) is 0 Å². The fraction of sp³-hybridized carbons (Fsp3) is 0.481. The summed E-state index contributed by atoms with van der Waals surface area (Å²) in [5.74, 6) is -1.03. The maximum absolute atomic E-state index is 14.9. The third-order valence-corrected chi connectivity index (χ3v) is 7.59. The number of nitrogens with one attached hydrogen (secondary N) is 1. The average molecular weight is 563 g/mol. The summed E-state index contributed by atoms with van der Waals surface area (Å²) in [6, 6.07) is 2.92. The molecule has 1 aromatic carbocycles. The number of anilines is 1. The van der Waals surface area contributed by atoms with Gasteiger partial charge >= 0.3 is 6.09 Å². The first kappa shape index (κ1) is 27.8. The molecular formula is C27H30F4N6O3. The highest BCUT2D eigenvalue weighted by atomic mass is 19.3. The molecule has 0 bridgehead atoms. The predicted molar refractivity (Wildman–Crippen MR) is 140 cm³/mol. The molecule has 1 N–H and O–H groups in total. The number of carbonyl (C=O) groups is 1. The van der Waals surface area contributed by atoms with Crippen LogP contribution in [0.4, 0.5) is 28.2 Å². The van der Waals surface area contributed by atoms with Crippen LogP contribution in [0.5, 0.6) is 5.75 Å². The van der Waals surface area contributed by atoms with Gasteiger partial charge in [0.05, 0.1) is 22.5 Å². The normalized spacial score (nSPS) is 17.8. The lowest BCUT2D eigenvalue weighted by Crippen LogP contribution is -2.48. The number of hydrogen-bond donors (Lipinski definition) is 1. The highest BCUT2D eigenvalue weighted by molar-refractivity contribution is 5.93. The third kappa shape index (κ3) is 5.09. The van der Waals surface area contributed by atoms with Crippen LogP contribution in [-0.4, -0.2) is 70.3 Å². The van der Waals surface area contributed by atoms with Gasteiger partial charge in [0.1, 0.15) is 29.7 Å². The number of halogens is 4. The minimum Gasteiger partial charge on any atom is -0.402 e. The van der Waals surface area contributed by atoms with E-state index in [2.05, 4.69) is 20.2 Å². The number of pyridine rings is 1. The molecular weight excluding hydrogens is 532 g/mol. The number of amides is 1. The van der Waals surface area contributed by atoms with Gasteiger partial charge in [-0.25, -0.2) is 32.3 Å². The van der Waals surface area contributed by atoms with Crippen molar-refractivity contribution < 1.29 is 27.1 Å². The molecule has 2 aliphatic rings. The van der Waals surface area contributed by atoms with E-state index in [0.717, 1.165) is 6.07 Å². The zero-order chi connectivity index (χ0) is 28.8. The summed E-state index contributed by atoms with van der Waals surface area (Å²) >= 11 is 0. The number of aryl methyl sites for hydroxylation is 1. The molecule has 0 unspecified atom stereocenters. The topological polar surface area (TPSA) is 92.6 Å². The molecule has 2 aromatic heterocycles. The summed E-state index contributed by atoms with van der Waals surface area (Å²) in [4.78, 5) is 39.0. The smallest absolute Gasteiger partial charge is 0.402 e. The molecule has 40 heavy (non-hydrogen) atoms. The standard InChI is InChI=1S/C27H30F4N6O3/c1-15(17-5-4-6-18(20(17)29)23(30)31)32-24-19-13-37(27(14-28)7-8-27)25(38)22(21(19)33-16(2)34-24)40-26(39)36-11-9-35(3)10-12-36/h4-6,13,15,23H,7-12,14H2,1-3H3,(H,32,33,34)/t15-/m1/s1. The Morgan fingerprint density at radius 1 is 1.15 bits per heavy atom. The van der Waals surface area contributed by atoms with Crippen LogP contribution in [0.15, 0.2) is 29.2 Å². The van der Waals surface area contributed by atoms with Crippen molar-refractivity contribution >= 4 is 22.8 Å². The predicted octanol–water partition coefficient (Wildman–Crippen LogP) is 4.55. The van der Waals surface area contributed by atoms with E-state index in [-0.39, 0.29) is 33.9 Å². The van der Waals surface area contributed by atoms with Crippen LogP contribution in [0.1, 0.15) is 49.2 Å². The fourth-order valence-electron chi connectivity index (χ4n) is 4.91. The molecule has 3 aromatic rings. The van der Waals surface area contributed by atoms with Gasteiger partial charge in [-0.15, -0.1) is 0 Å². The second-order valence-corrected chi connectivity index (χ2v) is 10.4. The lowest BCUT2D eigenvalue weighted by atomic mass is 10.0. The molecule has 5 rings (SSSR count). The molecule has 1 amide bonds. The molecule has 2 fully saturated rings. The van der Waals surface area contributed by atoms with Gasteiger partial charge in [-0.1, -0.05) is 18.2 Å². The van der Waals surface area contributed by atoms with E-state index in [1.807, 2.05) is 7.05 Å². The van der Waals surface area contributed by atoms with Crippen molar-refractivity contribution in [2.45, 2.75) is 44.7 Å². The first-order valence-electron chi connectivity index (χ1n) is 13.0. The number of carbonyl (C=O) groups excluding carboxylic acids is 1. The first-order valence-corrected chi connectivity index (χ1v) is 13.0. The second kappa shape index (κ2) is 10.7. The van der Waals surface area contributed by atoms with Gasteiger partial charge in [-0.2, -0.15) is 0 Å². The molecule has 0 spiro atoms. The van der Waals surface area contributed by atoms with Crippen molar-refractivity contribution in [2.75, 3.05) is 45.2 Å². The van der Waals surface area contributed by atoms with Crippen molar-refractivity contribution in [3.63, 3.8) is 0 Å². The van der Waals surface area contributed by atoms with Crippen molar-refractivity contribution in [2.24, 2.45) is 0 Å². The lowest BCUT2D eigenvalue weighted by molar-refractivity contribution is 0.120. The van der Waals surface area contributed by atoms with E-state index in [0.29, 0.717) is 39.0 Å². The van der Waals surface area contributed by atoms with Crippen LogP contribution < -0.4 is 15.6 Å². The third-order valence-electron chi connectivity index (χ3n) is 7.59. The quantitative estimate of drug-likeness (QED) is 0.423. The maximum atomic E-state index is 14.9. The molecule has 214 valence electrons. The number of fused-ring (bicyclic) bond motifs is 1. The molecule has 3 heterocycles. The molecule has 13 heteroatoms. The van der Waals surface area contributed by atoms with Gasteiger partial charge in [0.25, 0.3) is 12.0 Å². The molecule has 1 aliphatic carbocycles. The van der Waals surface area contributed by atoms with Crippen LogP contribution in [-0.2, 0) is 5.54 Å². The average Bonchev–Trinajstić information content (AvgIpc) is 3.71. The van der Waals surface area contributed by atoms with Crippen LogP contribution in [0.2, 0.25) is 0 Å². The highest BCUT2D eigenvalue weighted by Gasteiger charge is 2.46. The maximum Gasteiger partial charge on any atom is 0.415 e. The SMILES string of the molecule is Cc1nc(N[C@H](C)c2cccc(C(F)F)c2F)c2cn(C3(CF)CC3)c(=O)c(OC(=O)N3CCN(C)CC3)c2n1. The Balaban J connectivity index is 1.60. The number of nitrogens with zero attached hydrogens (tertiary/aromatic N) is 5. The van der Waals surface area contributed by atoms with Crippen LogP contribution >= 0.6 is 0 Å². The summed E-state index contributed by atoms with van der Waals surface area (Å²) in [5, 5.41) is 3.27. The Hall–Kier alpha value is -3.74. The summed E-state index contributed by atoms with van der Waals surface area (Å²) in [5.41, 5.74) is -2.48. The Morgan fingerprint density at radius 3 is 2.45 bits per heavy atom. The van der Waals surface area contributed by atoms with Crippen molar-refractivity contribution in [3.8, 4) is 5.75 Å². The van der Waals surface area contributed by atoms with E-state index in [9.17, 15) is 27.2 Å². The number of alkyl halides is 3. The summed E-state index contributed by atoms with van der Waals surface area (Å²) in [7, 11) is 1.93. The van der Waals surface area contributed by atoms with E-state index in [1.54, 1.807) is 13.8 Å². The van der Waals surface area contributed by atoms with Crippen LogP contribution in [0.3, 0.4) is 0 Å². The Morgan fingerprint density at radius 2 is 1.82 bits per heavy atom. The van der Waals surface area contributed by atoms with Crippen molar-refractivity contribution in [1.82, 2.24) is 24.3 Å².